The molecular formula is C15H13F6N5O. The summed E-state index contributed by atoms with van der Waals surface area (Å²) in [6.45, 7) is 4.70. The van der Waals surface area contributed by atoms with Crippen molar-refractivity contribution in [1.29, 1.82) is 0 Å². The van der Waals surface area contributed by atoms with Gasteiger partial charge in [0.15, 0.2) is 5.69 Å². The summed E-state index contributed by atoms with van der Waals surface area (Å²) in [6, 6.07) is 2.38. The lowest BCUT2D eigenvalue weighted by Crippen LogP contribution is -2.34. The molecule has 2 rings (SSSR count). The van der Waals surface area contributed by atoms with Crippen LogP contribution in [0.1, 0.15) is 11.5 Å². The van der Waals surface area contributed by atoms with Crippen molar-refractivity contribution in [3.63, 3.8) is 0 Å². The molecule has 0 saturated heterocycles. The maximum absolute atomic E-state index is 13.1. The number of alkyl halides is 6. The van der Waals surface area contributed by atoms with Gasteiger partial charge in [-0.25, -0.2) is 4.85 Å². The van der Waals surface area contributed by atoms with Crippen LogP contribution >= 0.6 is 0 Å². The van der Waals surface area contributed by atoms with E-state index in [-0.39, 0.29) is 17.6 Å². The zero-order valence-electron chi connectivity index (χ0n) is 14.1. The van der Waals surface area contributed by atoms with Gasteiger partial charge < -0.3 is 14.2 Å². The largest absolute Gasteiger partial charge is 0.407 e. The van der Waals surface area contributed by atoms with Crippen LogP contribution in [-0.2, 0) is 12.7 Å². The molecule has 0 aliphatic heterocycles. The molecule has 0 fully saturated rings. The number of hydrogen-bond donors (Lipinski definition) is 0. The van der Waals surface area contributed by atoms with Crippen LogP contribution in [0.3, 0.4) is 0 Å². The number of hydrogen-bond acceptors (Lipinski definition) is 5. The standard InChI is InChI=1S/C15H13F6N5O/c1-22-11-5-4-9(6-10(11)15(19,20)21)26(8-14(16,17)18)7-12-23-24-13(27-12)25(2)3/h4-6H,7-8H2,2-3H3. The van der Waals surface area contributed by atoms with Crippen molar-refractivity contribution in [2.75, 3.05) is 30.4 Å². The lowest BCUT2D eigenvalue weighted by atomic mass is 10.1. The van der Waals surface area contributed by atoms with E-state index in [0.29, 0.717) is 11.0 Å². The third kappa shape index (κ3) is 5.25. The Morgan fingerprint density at radius 3 is 2.26 bits per heavy atom. The van der Waals surface area contributed by atoms with Crippen LogP contribution in [0.5, 0.6) is 0 Å². The second-order valence-electron chi connectivity index (χ2n) is 5.66. The number of anilines is 2. The normalized spacial score (nSPS) is 12.0. The minimum atomic E-state index is -4.89. The molecule has 6 nitrogen and oxygen atoms in total. The highest BCUT2D eigenvalue weighted by Crippen LogP contribution is 2.39. The van der Waals surface area contributed by atoms with E-state index in [0.717, 1.165) is 12.1 Å². The van der Waals surface area contributed by atoms with Gasteiger partial charge in [-0.1, -0.05) is 11.2 Å². The average molecular weight is 393 g/mol. The molecule has 0 atom stereocenters. The number of rotatable bonds is 5. The Hall–Kier alpha value is -2.97. The van der Waals surface area contributed by atoms with Crippen LogP contribution in [0.25, 0.3) is 4.85 Å². The molecule has 1 aromatic carbocycles. The molecule has 0 unspecified atom stereocenters. The van der Waals surface area contributed by atoms with Crippen molar-refractivity contribution in [3.05, 3.63) is 41.1 Å². The summed E-state index contributed by atoms with van der Waals surface area (Å²) in [5.41, 5.74) is -2.40. The highest BCUT2D eigenvalue weighted by Gasteiger charge is 2.36. The molecule has 0 spiro atoms. The Balaban J connectivity index is 2.43. The summed E-state index contributed by atoms with van der Waals surface area (Å²) in [5.74, 6) is -0.203. The first-order valence-electron chi connectivity index (χ1n) is 7.31. The molecule has 0 radical (unpaired) electrons. The Labute approximate surface area is 149 Å². The fraction of sp³-hybridized carbons (Fsp3) is 0.400. The van der Waals surface area contributed by atoms with Gasteiger partial charge in [-0.3, -0.25) is 0 Å². The van der Waals surface area contributed by atoms with E-state index < -0.39 is 36.7 Å². The first-order chi connectivity index (χ1) is 12.4. The van der Waals surface area contributed by atoms with Crippen LogP contribution in [0.2, 0.25) is 0 Å². The van der Waals surface area contributed by atoms with Crippen molar-refractivity contribution in [2.24, 2.45) is 0 Å². The SMILES string of the molecule is [C-]#[N+]c1ccc(N(Cc2nnc(N(C)C)o2)CC(F)(F)F)cc1C(F)(F)F. The van der Waals surface area contributed by atoms with Gasteiger partial charge in [0.25, 0.3) is 0 Å². The molecule has 2 aromatic rings. The zero-order chi connectivity index (χ0) is 20.4. The molecule has 0 bridgehead atoms. The minimum Gasteiger partial charge on any atom is -0.406 e. The van der Waals surface area contributed by atoms with Crippen molar-refractivity contribution >= 4 is 17.4 Å². The van der Waals surface area contributed by atoms with E-state index in [2.05, 4.69) is 15.0 Å². The molecule has 0 amide bonds. The van der Waals surface area contributed by atoms with E-state index in [1.807, 2.05) is 0 Å². The van der Waals surface area contributed by atoms with Crippen molar-refractivity contribution < 1.29 is 30.8 Å². The third-order valence-electron chi connectivity index (χ3n) is 3.31. The highest BCUT2D eigenvalue weighted by molar-refractivity contribution is 5.62. The molecule has 27 heavy (non-hydrogen) atoms. The summed E-state index contributed by atoms with van der Waals surface area (Å²) < 4.78 is 83.3. The van der Waals surface area contributed by atoms with Crippen LogP contribution < -0.4 is 9.80 Å². The summed E-state index contributed by atoms with van der Waals surface area (Å²) in [7, 11) is 3.15. The smallest absolute Gasteiger partial charge is 0.406 e. The van der Waals surface area contributed by atoms with Gasteiger partial charge in [0, 0.05) is 19.8 Å². The first-order valence-corrected chi connectivity index (χ1v) is 7.31. The number of halogens is 6. The molecule has 1 heterocycles. The van der Waals surface area contributed by atoms with E-state index in [4.69, 9.17) is 11.0 Å². The summed E-state index contributed by atoms with van der Waals surface area (Å²) in [6.07, 6.45) is -9.58. The fourth-order valence-corrected chi connectivity index (χ4v) is 2.15. The first kappa shape index (κ1) is 20.3. The molecular weight excluding hydrogens is 380 g/mol. The Morgan fingerprint density at radius 1 is 1.11 bits per heavy atom. The summed E-state index contributed by atoms with van der Waals surface area (Å²) in [4.78, 5) is 4.81. The Morgan fingerprint density at radius 2 is 1.78 bits per heavy atom. The zero-order valence-corrected chi connectivity index (χ0v) is 14.1. The van der Waals surface area contributed by atoms with Gasteiger partial charge in [-0.2, -0.15) is 26.3 Å². The Kier molecular flexibility index (Phi) is 5.53. The van der Waals surface area contributed by atoms with E-state index in [1.165, 1.54) is 4.90 Å². The third-order valence-corrected chi connectivity index (χ3v) is 3.31. The lowest BCUT2D eigenvalue weighted by Gasteiger charge is -2.25. The van der Waals surface area contributed by atoms with Gasteiger partial charge in [0.2, 0.25) is 5.89 Å². The molecule has 0 N–H and O–H groups in total. The van der Waals surface area contributed by atoms with Gasteiger partial charge >= 0.3 is 18.4 Å². The monoisotopic (exact) mass is 393 g/mol. The predicted octanol–water partition coefficient (Wildman–Crippen LogP) is 4.27. The van der Waals surface area contributed by atoms with E-state index in [9.17, 15) is 26.3 Å². The number of nitrogens with zero attached hydrogens (tertiary/aromatic N) is 5. The highest BCUT2D eigenvalue weighted by atomic mass is 19.4. The lowest BCUT2D eigenvalue weighted by molar-refractivity contribution is -0.136. The number of benzene rings is 1. The topological polar surface area (TPSA) is 49.8 Å². The second-order valence-corrected chi connectivity index (χ2v) is 5.66. The van der Waals surface area contributed by atoms with Crippen LogP contribution in [0.4, 0.5) is 43.7 Å². The van der Waals surface area contributed by atoms with Crippen LogP contribution in [-0.4, -0.2) is 37.0 Å². The fourth-order valence-electron chi connectivity index (χ4n) is 2.15. The quantitative estimate of drug-likeness (QED) is 0.561. The van der Waals surface area contributed by atoms with Gasteiger partial charge in [-0.15, -0.1) is 5.10 Å². The molecule has 1 aromatic heterocycles. The maximum Gasteiger partial charge on any atom is 0.407 e. The molecule has 0 aliphatic carbocycles. The maximum atomic E-state index is 13.1. The number of aromatic nitrogens is 2. The minimum absolute atomic E-state index is 0.0382. The van der Waals surface area contributed by atoms with E-state index >= 15 is 0 Å². The van der Waals surface area contributed by atoms with Gasteiger partial charge in [-0.05, 0) is 12.1 Å². The average Bonchev–Trinajstić information content (AvgIpc) is 3.00. The van der Waals surface area contributed by atoms with Gasteiger partial charge in [0.1, 0.15) is 6.54 Å². The van der Waals surface area contributed by atoms with Crippen LogP contribution in [0, 0.1) is 6.57 Å². The molecule has 12 heteroatoms. The molecule has 146 valence electrons. The Bertz CT molecular complexity index is 836. The summed E-state index contributed by atoms with van der Waals surface area (Å²) >= 11 is 0. The van der Waals surface area contributed by atoms with Crippen molar-refractivity contribution in [2.45, 2.75) is 18.9 Å². The van der Waals surface area contributed by atoms with Crippen molar-refractivity contribution in [1.82, 2.24) is 10.2 Å². The predicted molar refractivity (Wildman–Crippen MR) is 83.4 cm³/mol. The second kappa shape index (κ2) is 7.34. The molecule has 0 aliphatic rings. The van der Waals surface area contributed by atoms with E-state index in [1.54, 1.807) is 14.1 Å². The van der Waals surface area contributed by atoms with Crippen LogP contribution in [0.15, 0.2) is 22.6 Å². The molecule has 0 saturated carbocycles. The summed E-state index contributed by atoms with van der Waals surface area (Å²) in [5, 5.41) is 7.22. The van der Waals surface area contributed by atoms with Crippen molar-refractivity contribution in [3.8, 4) is 0 Å². The van der Waals surface area contributed by atoms with Gasteiger partial charge in [0.05, 0.1) is 18.7 Å².